The summed E-state index contributed by atoms with van der Waals surface area (Å²) in [6.07, 6.45) is 2.26. The van der Waals surface area contributed by atoms with Gasteiger partial charge in [0.2, 0.25) is 0 Å². The fourth-order valence-electron chi connectivity index (χ4n) is 5.26. The molecule has 5 rings (SSSR count). The molecule has 0 atom stereocenters. The highest BCUT2D eigenvalue weighted by Crippen LogP contribution is 2.30. The molecule has 0 radical (unpaired) electrons. The maximum absolute atomic E-state index is 12.9. The number of fused-ring (bicyclic) bond motifs is 1. The number of hydrogen-bond acceptors (Lipinski definition) is 5. The Bertz CT molecular complexity index is 1140. The van der Waals surface area contributed by atoms with Crippen molar-refractivity contribution in [2.45, 2.75) is 12.8 Å². The Morgan fingerprint density at radius 1 is 0.833 bits per heavy atom. The van der Waals surface area contributed by atoms with Crippen molar-refractivity contribution in [3.63, 3.8) is 0 Å². The number of benzene rings is 3. The number of ether oxygens (including phenoxy) is 1. The quantitative estimate of drug-likeness (QED) is 0.485. The third-order valence-electron chi connectivity index (χ3n) is 7.54. The lowest BCUT2D eigenvalue weighted by atomic mass is 10.1. The first-order valence-corrected chi connectivity index (χ1v) is 13.3. The zero-order valence-electron chi connectivity index (χ0n) is 21.4. The molecule has 0 unspecified atom stereocenters. The van der Waals surface area contributed by atoms with Crippen molar-refractivity contribution < 1.29 is 9.53 Å². The predicted octanol–water partition coefficient (Wildman–Crippen LogP) is 3.75. The first-order valence-electron chi connectivity index (χ1n) is 13.3. The highest BCUT2D eigenvalue weighted by Gasteiger charge is 2.21. The maximum Gasteiger partial charge on any atom is 0.260 e. The molecule has 2 heterocycles. The minimum atomic E-state index is 0.0754. The highest BCUT2D eigenvalue weighted by atomic mass is 16.5. The van der Waals surface area contributed by atoms with Gasteiger partial charge < -0.3 is 19.4 Å². The third-order valence-corrected chi connectivity index (χ3v) is 7.54. The van der Waals surface area contributed by atoms with Crippen LogP contribution in [0, 0.1) is 0 Å². The number of likely N-dealkylation sites (N-methyl/N-ethyl adjacent to an activating group) is 1. The smallest absolute Gasteiger partial charge is 0.260 e. The predicted molar refractivity (Wildman–Crippen MR) is 147 cm³/mol. The van der Waals surface area contributed by atoms with Gasteiger partial charge in [0, 0.05) is 63.4 Å². The van der Waals surface area contributed by atoms with Crippen LogP contribution in [0.5, 0.6) is 5.75 Å². The summed E-state index contributed by atoms with van der Waals surface area (Å²) in [4.78, 5) is 22.1. The van der Waals surface area contributed by atoms with E-state index in [2.05, 4.69) is 82.4 Å². The molecular formula is C30H38N4O2. The van der Waals surface area contributed by atoms with Gasteiger partial charge in [-0.25, -0.2) is 0 Å². The summed E-state index contributed by atoms with van der Waals surface area (Å²) in [6.45, 7) is 8.79. The van der Waals surface area contributed by atoms with Crippen LogP contribution >= 0.6 is 0 Å². The van der Waals surface area contributed by atoms with Crippen molar-refractivity contribution in [3.8, 4) is 5.75 Å². The molecular weight excluding hydrogens is 448 g/mol. The molecule has 2 saturated heterocycles. The fraction of sp³-hybridized carbons (Fsp3) is 0.433. The van der Waals surface area contributed by atoms with E-state index in [1.54, 1.807) is 0 Å². The Hall–Kier alpha value is -3.09. The molecule has 2 fully saturated rings. The molecule has 6 heteroatoms. The number of hydrogen-bond donors (Lipinski definition) is 0. The SMILES string of the molecule is CN1CCN(c2cccc3ccc(OCC(=O)N4CCN(CCCc5ccccc5)CC4)cc23)CC1. The number of nitrogens with zero attached hydrogens (tertiary/aromatic N) is 4. The molecule has 0 bridgehead atoms. The van der Waals surface area contributed by atoms with Crippen molar-refractivity contribution in [2.75, 3.05) is 77.5 Å². The molecule has 6 nitrogen and oxygen atoms in total. The Kier molecular flexibility index (Phi) is 8.04. The first-order chi connectivity index (χ1) is 17.7. The molecule has 190 valence electrons. The van der Waals surface area contributed by atoms with Crippen molar-refractivity contribution in [1.82, 2.24) is 14.7 Å². The van der Waals surface area contributed by atoms with Crippen molar-refractivity contribution in [1.29, 1.82) is 0 Å². The van der Waals surface area contributed by atoms with Gasteiger partial charge in [-0.05, 0) is 55.6 Å². The average Bonchev–Trinajstić information content (AvgIpc) is 2.93. The lowest BCUT2D eigenvalue weighted by molar-refractivity contribution is -0.135. The van der Waals surface area contributed by atoms with Gasteiger partial charge in [-0.15, -0.1) is 0 Å². The van der Waals surface area contributed by atoms with E-state index in [0.717, 1.165) is 77.5 Å². The van der Waals surface area contributed by atoms with Crippen LogP contribution in [-0.4, -0.2) is 93.2 Å². The standard InChI is InChI=1S/C30H38N4O2/c1-31-15-19-33(20-16-31)29-11-5-10-26-12-13-27(23-28(26)29)36-24-30(35)34-21-17-32(18-22-34)14-6-9-25-7-3-2-4-8-25/h2-5,7-8,10-13,23H,6,9,14-22,24H2,1H3. The van der Waals surface area contributed by atoms with Crippen molar-refractivity contribution in [3.05, 3.63) is 72.3 Å². The summed E-state index contributed by atoms with van der Waals surface area (Å²) < 4.78 is 6.00. The Morgan fingerprint density at radius 3 is 2.39 bits per heavy atom. The lowest BCUT2D eigenvalue weighted by Crippen LogP contribution is -2.50. The Labute approximate surface area is 215 Å². The summed E-state index contributed by atoms with van der Waals surface area (Å²) in [6, 6.07) is 23.3. The normalized spacial score (nSPS) is 17.5. The van der Waals surface area contributed by atoms with Crippen LogP contribution in [0.3, 0.4) is 0 Å². The summed E-state index contributed by atoms with van der Waals surface area (Å²) in [5, 5.41) is 2.39. The van der Waals surface area contributed by atoms with Crippen LogP contribution in [0.1, 0.15) is 12.0 Å². The van der Waals surface area contributed by atoms with E-state index in [9.17, 15) is 4.79 Å². The highest BCUT2D eigenvalue weighted by molar-refractivity contribution is 5.95. The van der Waals surface area contributed by atoms with Gasteiger partial charge in [0.1, 0.15) is 5.75 Å². The van der Waals surface area contributed by atoms with E-state index < -0.39 is 0 Å². The monoisotopic (exact) mass is 486 g/mol. The second-order valence-electron chi connectivity index (χ2n) is 10.1. The third kappa shape index (κ3) is 6.18. The summed E-state index contributed by atoms with van der Waals surface area (Å²) >= 11 is 0. The van der Waals surface area contributed by atoms with E-state index in [1.165, 1.54) is 22.0 Å². The minimum absolute atomic E-state index is 0.0754. The van der Waals surface area contributed by atoms with E-state index in [1.807, 2.05) is 11.0 Å². The van der Waals surface area contributed by atoms with Crippen molar-refractivity contribution in [2.24, 2.45) is 0 Å². The molecule has 3 aromatic rings. The van der Waals surface area contributed by atoms with Crippen LogP contribution in [0.4, 0.5) is 5.69 Å². The number of anilines is 1. The number of carbonyl (C=O) groups is 1. The molecule has 0 N–H and O–H groups in total. The summed E-state index contributed by atoms with van der Waals surface area (Å²) in [7, 11) is 2.18. The zero-order valence-corrected chi connectivity index (χ0v) is 21.4. The molecule has 0 saturated carbocycles. The lowest BCUT2D eigenvalue weighted by Gasteiger charge is -2.35. The van der Waals surface area contributed by atoms with Gasteiger partial charge in [-0.1, -0.05) is 48.5 Å². The van der Waals surface area contributed by atoms with E-state index in [0.29, 0.717) is 0 Å². The summed E-state index contributed by atoms with van der Waals surface area (Å²) in [5.74, 6) is 0.836. The van der Waals surface area contributed by atoms with E-state index in [4.69, 9.17) is 4.74 Å². The molecule has 36 heavy (non-hydrogen) atoms. The van der Waals surface area contributed by atoms with E-state index in [-0.39, 0.29) is 12.5 Å². The molecule has 3 aromatic carbocycles. The molecule has 1 amide bonds. The summed E-state index contributed by atoms with van der Waals surface area (Å²) in [5.41, 5.74) is 2.65. The van der Waals surface area contributed by atoms with Gasteiger partial charge in [-0.3, -0.25) is 9.69 Å². The number of piperazine rings is 2. The van der Waals surface area contributed by atoms with Crippen LogP contribution in [-0.2, 0) is 11.2 Å². The number of amides is 1. The molecule has 0 aromatic heterocycles. The van der Waals surface area contributed by atoms with Gasteiger partial charge in [0.05, 0.1) is 0 Å². The molecule has 0 aliphatic carbocycles. The van der Waals surface area contributed by atoms with Crippen LogP contribution in [0.15, 0.2) is 66.7 Å². The zero-order chi connectivity index (χ0) is 24.7. The molecule has 0 spiro atoms. The van der Waals surface area contributed by atoms with Gasteiger partial charge in [0.25, 0.3) is 5.91 Å². The average molecular weight is 487 g/mol. The Morgan fingerprint density at radius 2 is 1.61 bits per heavy atom. The molecule has 2 aliphatic rings. The van der Waals surface area contributed by atoms with Gasteiger partial charge in [-0.2, -0.15) is 0 Å². The van der Waals surface area contributed by atoms with E-state index >= 15 is 0 Å². The first kappa shape index (κ1) is 24.6. The van der Waals surface area contributed by atoms with Gasteiger partial charge >= 0.3 is 0 Å². The van der Waals surface area contributed by atoms with Crippen LogP contribution in [0.2, 0.25) is 0 Å². The van der Waals surface area contributed by atoms with Crippen LogP contribution < -0.4 is 9.64 Å². The minimum Gasteiger partial charge on any atom is -0.484 e. The van der Waals surface area contributed by atoms with Crippen LogP contribution in [0.25, 0.3) is 10.8 Å². The Balaban J connectivity index is 1.11. The maximum atomic E-state index is 12.9. The number of aryl methyl sites for hydroxylation is 1. The largest absolute Gasteiger partial charge is 0.484 e. The second kappa shape index (κ2) is 11.8. The number of carbonyl (C=O) groups excluding carboxylic acids is 1. The van der Waals surface area contributed by atoms with Crippen molar-refractivity contribution >= 4 is 22.4 Å². The second-order valence-corrected chi connectivity index (χ2v) is 10.1. The number of rotatable bonds is 8. The fourth-order valence-corrected chi connectivity index (χ4v) is 5.26. The topological polar surface area (TPSA) is 39.3 Å². The molecule has 2 aliphatic heterocycles. The van der Waals surface area contributed by atoms with Gasteiger partial charge in [0.15, 0.2) is 6.61 Å².